The second-order valence-electron chi connectivity index (χ2n) is 4.50. The van der Waals surface area contributed by atoms with Crippen LogP contribution in [0, 0.1) is 0 Å². The molecule has 0 spiro atoms. The monoisotopic (exact) mass is 236 g/mol. The maximum atomic E-state index is 10.6. The Morgan fingerprint density at radius 3 is 2.82 bits per heavy atom. The summed E-state index contributed by atoms with van der Waals surface area (Å²) in [5.41, 5.74) is 4.00. The van der Waals surface area contributed by atoms with E-state index in [0.717, 1.165) is 12.8 Å². The lowest BCUT2D eigenvalue weighted by atomic mass is 10.0. The van der Waals surface area contributed by atoms with Crippen molar-refractivity contribution in [3.8, 4) is 0 Å². The van der Waals surface area contributed by atoms with Gasteiger partial charge in [-0.2, -0.15) is 0 Å². The summed E-state index contributed by atoms with van der Waals surface area (Å²) < 4.78 is 0. The minimum absolute atomic E-state index is 0.211. The Hall–Kier alpha value is -1.35. The number of hydrogen-bond donors (Lipinski definition) is 2. The van der Waals surface area contributed by atoms with Gasteiger partial charge in [-0.15, -0.1) is 0 Å². The second kappa shape index (κ2) is 6.40. The maximum absolute atomic E-state index is 10.6. The molecule has 0 bridgehead atoms. The van der Waals surface area contributed by atoms with Crippen molar-refractivity contribution in [2.75, 3.05) is 13.6 Å². The van der Waals surface area contributed by atoms with Crippen molar-refractivity contribution in [2.45, 2.75) is 33.1 Å². The average molecular weight is 236 g/mol. The van der Waals surface area contributed by atoms with Gasteiger partial charge in [0.25, 0.3) is 0 Å². The third kappa shape index (κ3) is 3.86. The van der Waals surface area contributed by atoms with Gasteiger partial charge in [-0.05, 0) is 25.8 Å². The Kier molecular flexibility index (Phi) is 5.16. The van der Waals surface area contributed by atoms with E-state index in [2.05, 4.69) is 32.1 Å². The first-order chi connectivity index (χ1) is 8.06. The van der Waals surface area contributed by atoms with Crippen LogP contribution in [0.5, 0.6) is 0 Å². The van der Waals surface area contributed by atoms with Gasteiger partial charge in [0.15, 0.2) is 0 Å². The fraction of sp³-hybridized carbons (Fsp3) is 0.500. The summed E-state index contributed by atoms with van der Waals surface area (Å²) in [5, 5.41) is 8.73. The van der Waals surface area contributed by atoms with Crippen molar-refractivity contribution in [2.24, 2.45) is 0 Å². The first-order valence-electron chi connectivity index (χ1n) is 6.16. The summed E-state index contributed by atoms with van der Waals surface area (Å²) in [6, 6.07) is 0. The Morgan fingerprint density at radius 2 is 2.24 bits per heavy atom. The summed E-state index contributed by atoms with van der Waals surface area (Å²) in [7, 11) is 2.04. The number of allylic oxidation sites excluding steroid dienone is 5. The molecule has 1 atom stereocenters. The smallest absolute Gasteiger partial charge is 0.309 e. The lowest BCUT2D eigenvalue weighted by Crippen LogP contribution is -3.07. The van der Waals surface area contributed by atoms with Crippen LogP contribution < -0.4 is 4.90 Å². The molecule has 0 aliphatic heterocycles. The zero-order chi connectivity index (χ0) is 12.8. The van der Waals surface area contributed by atoms with Gasteiger partial charge in [0.1, 0.15) is 5.70 Å². The lowest BCUT2D eigenvalue weighted by molar-refractivity contribution is -0.836. The van der Waals surface area contributed by atoms with Crippen molar-refractivity contribution in [3.05, 3.63) is 35.1 Å². The molecule has 2 N–H and O–H groups in total. The van der Waals surface area contributed by atoms with Gasteiger partial charge < -0.3 is 10.0 Å². The van der Waals surface area contributed by atoms with E-state index in [1.54, 1.807) is 0 Å². The highest BCUT2D eigenvalue weighted by atomic mass is 16.4. The van der Waals surface area contributed by atoms with Gasteiger partial charge >= 0.3 is 5.97 Å². The van der Waals surface area contributed by atoms with Gasteiger partial charge in [-0.25, -0.2) is 0 Å². The molecule has 0 saturated carbocycles. The molecular weight excluding hydrogens is 214 g/mol. The maximum Gasteiger partial charge on any atom is 0.309 e. The molecule has 3 heteroatoms. The summed E-state index contributed by atoms with van der Waals surface area (Å²) in [6.07, 6.45) is 8.56. The summed E-state index contributed by atoms with van der Waals surface area (Å²) in [4.78, 5) is 11.8. The van der Waals surface area contributed by atoms with E-state index in [1.165, 1.54) is 21.7 Å². The molecule has 0 aromatic heterocycles. The van der Waals surface area contributed by atoms with Gasteiger partial charge in [0, 0.05) is 5.57 Å². The predicted octanol–water partition coefficient (Wildman–Crippen LogP) is 1.55. The number of carboxylic acids is 1. The van der Waals surface area contributed by atoms with E-state index in [0.29, 0.717) is 6.54 Å². The van der Waals surface area contributed by atoms with Gasteiger partial charge in [-0.3, -0.25) is 4.79 Å². The van der Waals surface area contributed by atoms with Crippen LogP contribution in [-0.4, -0.2) is 24.7 Å². The normalized spacial score (nSPS) is 17.7. The van der Waals surface area contributed by atoms with Crippen LogP contribution in [0.3, 0.4) is 0 Å². The number of carboxylic acid groups (broad SMARTS) is 1. The van der Waals surface area contributed by atoms with Crippen molar-refractivity contribution in [1.82, 2.24) is 0 Å². The molecule has 0 radical (unpaired) electrons. The Balaban J connectivity index is 2.85. The Labute approximate surface area is 103 Å². The van der Waals surface area contributed by atoms with Crippen LogP contribution in [-0.2, 0) is 4.79 Å². The van der Waals surface area contributed by atoms with Crippen LogP contribution in [0.15, 0.2) is 35.1 Å². The average Bonchev–Trinajstić information content (AvgIpc) is 2.47. The molecule has 94 valence electrons. The van der Waals surface area contributed by atoms with Crippen molar-refractivity contribution in [3.63, 3.8) is 0 Å². The molecule has 1 rings (SSSR count). The number of aliphatic carboxylic acids is 1. The highest BCUT2D eigenvalue weighted by Gasteiger charge is 2.18. The number of likely N-dealkylation sites (N-methyl/N-ethyl adjacent to an activating group) is 1. The third-order valence-electron chi connectivity index (χ3n) is 3.19. The minimum atomic E-state index is -0.729. The molecule has 0 aromatic rings. The van der Waals surface area contributed by atoms with Crippen LogP contribution in [0.2, 0.25) is 0 Å². The van der Waals surface area contributed by atoms with E-state index >= 15 is 0 Å². The molecule has 1 aliphatic rings. The molecule has 17 heavy (non-hydrogen) atoms. The molecule has 3 nitrogen and oxygen atoms in total. The fourth-order valence-electron chi connectivity index (χ4n) is 2.18. The van der Waals surface area contributed by atoms with Crippen LogP contribution in [0.25, 0.3) is 0 Å². The van der Waals surface area contributed by atoms with E-state index in [4.69, 9.17) is 5.11 Å². The van der Waals surface area contributed by atoms with Gasteiger partial charge in [0.05, 0.1) is 20.0 Å². The van der Waals surface area contributed by atoms with Crippen LogP contribution >= 0.6 is 0 Å². The minimum Gasteiger partial charge on any atom is -0.481 e. The second-order valence-corrected chi connectivity index (χ2v) is 4.50. The third-order valence-corrected chi connectivity index (χ3v) is 3.19. The van der Waals surface area contributed by atoms with Crippen molar-refractivity contribution >= 4 is 5.97 Å². The quantitative estimate of drug-likeness (QED) is 0.760. The van der Waals surface area contributed by atoms with Crippen molar-refractivity contribution < 1.29 is 14.8 Å². The van der Waals surface area contributed by atoms with Gasteiger partial charge in [0.2, 0.25) is 0 Å². The number of rotatable bonds is 5. The molecule has 0 amide bonds. The highest BCUT2D eigenvalue weighted by molar-refractivity contribution is 5.66. The SMILES string of the molecule is CCC1=C(C)CC=CC=C1[NH+](C)CCC(=O)O. The topological polar surface area (TPSA) is 41.7 Å². The first kappa shape index (κ1) is 13.7. The van der Waals surface area contributed by atoms with E-state index in [9.17, 15) is 4.79 Å². The Bertz CT molecular complexity index is 378. The fourth-order valence-corrected chi connectivity index (χ4v) is 2.18. The number of hydrogen-bond acceptors (Lipinski definition) is 1. The summed E-state index contributed by atoms with van der Waals surface area (Å²) in [5.74, 6) is -0.729. The van der Waals surface area contributed by atoms with E-state index in [-0.39, 0.29) is 6.42 Å². The molecule has 0 heterocycles. The van der Waals surface area contributed by atoms with Crippen LogP contribution in [0.1, 0.15) is 33.1 Å². The molecule has 0 fully saturated rings. The van der Waals surface area contributed by atoms with Crippen LogP contribution in [0.4, 0.5) is 0 Å². The number of nitrogens with one attached hydrogen (secondary N) is 1. The number of quaternary nitrogens is 1. The summed E-state index contributed by atoms with van der Waals surface area (Å²) in [6.45, 7) is 4.95. The number of carbonyl (C=O) groups is 1. The van der Waals surface area contributed by atoms with E-state index in [1.807, 2.05) is 7.05 Å². The lowest BCUT2D eigenvalue weighted by Gasteiger charge is -2.19. The zero-order valence-electron chi connectivity index (χ0n) is 10.9. The summed E-state index contributed by atoms with van der Waals surface area (Å²) >= 11 is 0. The molecule has 1 aliphatic carbocycles. The largest absolute Gasteiger partial charge is 0.481 e. The van der Waals surface area contributed by atoms with Crippen molar-refractivity contribution in [1.29, 1.82) is 0 Å². The molecule has 1 unspecified atom stereocenters. The van der Waals surface area contributed by atoms with E-state index < -0.39 is 5.97 Å². The predicted molar refractivity (Wildman–Crippen MR) is 68.8 cm³/mol. The first-order valence-corrected chi connectivity index (χ1v) is 6.16. The molecular formula is C14H22NO2+. The molecule has 0 aromatic carbocycles. The Morgan fingerprint density at radius 1 is 1.53 bits per heavy atom. The molecule has 0 saturated heterocycles. The standard InChI is InChI=1S/C14H21NO2/c1-4-12-11(2)7-5-6-8-13(12)15(3)10-9-14(16)17/h5-6,8H,4,7,9-10H2,1-3H3,(H,16,17)/p+1. The van der Waals surface area contributed by atoms with Gasteiger partial charge in [-0.1, -0.05) is 24.6 Å². The zero-order valence-corrected chi connectivity index (χ0v) is 10.9. The highest BCUT2D eigenvalue weighted by Crippen LogP contribution is 2.20.